The van der Waals surface area contributed by atoms with Crippen LogP contribution >= 0.6 is 11.8 Å². The van der Waals surface area contributed by atoms with Gasteiger partial charge in [-0.25, -0.2) is 4.79 Å². The quantitative estimate of drug-likeness (QED) is 0.496. The summed E-state index contributed by atoms with van der Waals surface area (Å²) < 4.78 is 4.76. The second-order valence-electron chi connectivity index (χ2n) is 2.97. The van der Waals surface area contributed by atoms with E-state index in [4.69, 9.17) is 9.84 Å². The highest BCUT2D eigenvalue weighted by Gasteiger charge is 2.53. The third-order valence-corrected chi connectivity index (χ3v) is 2.97. The monoisotopic (exact) mass is 247 g/mol. The van der Waals surface area contributed by atoms with Crippen molar-refractivity contribution in [1.29, 1.82) is 0 Å². The van der Waals surface area contributed by atoms with E-state index in [1.54, 1.807) is 0 Å². The Balaban J connectivity index is 2.83. The molecular weight excluding hydrogens is 238 g/mol. The van der Waals surface area contributed by atoms with E-state index in [-0.39, 0.29) is 5.12 Å². The number of amides is 2. The number of nitrogens with zero attached hydrogens (tertiary/aromatic N) is 1. The molecule has 7 nitrogen and oxygen atoms in total. The van der Waals surface area contributed by atoms with Gasteiger partial charge in [-0.2, -0.15) is 0 Å². The van der Waals surface area contributed by atoms with E-state index < -0.39 is 29.3 Å². The summed E-state index contributed by atoms with van der Waals surface area (Å²) in [6.45, 7) is 1.25. The van der Waals surface area contributed by atoms with E-state index in [1.807, 2.05) is 0 Å². The van der Waals surface area contributed by atoms with Crippen molar-refractivity contribution in [3.63, 3.8) is 0 Å². The second-order valence-corrected chi connectivity index (χ2v) is 4.27. The molecule has 16 heavy (non-hydrogen) atoms. The molecule has 1 rings (SSSR count). The van der Waals surface area contributed by atoms with Crippen LogP contribution in [0.1, 0.15) is 6.92 Å². The Morgan fingerprint density at radius 1 is 1.44 bits per heavy atom. The number of carbonyl (C=O) groups is 4. The number of hydrogen-bond acceptors (Lipinski definition) is 6. The molecule has 2 unspecified atom stereocenters. The fraction of sp³-hybridized carbons (Fsp3) is 0.500. The SMILES string of the molecule is COC1C(=O)N(C(=O)C(=O)O)C1SC(C)=O. The number of methoxy groups -OCH3 is 1. The number of ether oxygens (including phenoxy) is 1. The van der Waals surface area contributed by atoms with E-state index in [1.165, 1.54) is 14.0 Å². The number of likely N-dealkylation sites (tertiary alicyclic amines) is 1. The van der Waals surface area contributed by atoms with Gasteiger partial charge in [-0.05, 0) is 0 Å². The smallest absolute Gasteiger partial charge is 0.395 e. The fourth-order valence-electron chi connectivity index (χ4n) is 1.26. The summed E-state index contributed by atoms with van der Waals surface area (Å²) in [5.74, 6) is -3.83. The van der Waals surface area contributed by atoms with E-state index in [0.29, 0.717) is 16.7 Å². The van der Waals surface area contributed by atoms with Crippen LogP contribution in [0.3, 0.4) is 0 Å². The van der Waals surface area contributed by atoms with Gasteiger partial charge in [0.1, 0.15) is 5.37 Å². The molecule has 0 bridgehead atoms. The molecule has 1 fully saturated rings. The van der Waals surface area contributed by atoms with Gasteiger partial charge in [0.15, 0.2) is 11.2 Å². The molecule has 0 aromatic rings. The lowest BCUT2D eigenvalue weighted by Gasteiger charge is -2.42. The van der Waals surface area contributed by atoms with Crippen LogP contribution in [-0.2, 0) is 23.9 Å². The Hall–Kier alpha value is -1.41. The lowest BCUT2D eigenvalue weighted by Crippen LogP contribution is -2.67. The van der Waals surface area contributed by atoms with Crippen LogP contribution in [0.4, 0.5) is 0 Å². The Kier molecular flexibility index (Phi) is 3.66. The van der Waals surface area contributed by atoms with Gasteiger partial charge in [-0.3, -0.25) is 19.3 Å². The van der Waals surface area contributed by atoms with Crippen molar-refractivity contribution in [2.75, 3.05) is 7.11 Å². The average Bonchev–Trinajstić information content (AvgIpc) is 2.17. The molecule has 0 spiro atoms. The van der Waals surface area contributed by atoms with Crippen LogP contribution in [0.5, 0.6) is 0 Å². The maximum absolute atomic E-state index is 11.3. The minimum Gasteiger partial charge on any atom is -0.474 e. The molecule has 2 amide bonds. The normalized spacial score (nSPS) is 23.9. The molecule has 0 radical (unpaired) electrons. The van der Waals surface area contributed by atoms with Crippen LogP contribution in [-0.4, -0.2) is 51.5 Å². The number of β-lactam (4-membered cyclic amide) rings is 1. The van der Waals surface area contributed by atoms with Crippen molar-refractivity contribution >= 4 is 34.7 Å². The van der Waals surface area contributed by atoms with Crippen molar-refractivity contribution in [2.24, 2.45) is 0 Å². The summed E-state index contributed by atoms with van der Waals surface area (Å²) in [6, 6.07) is 0. The number of carboxylic acid groups (broad SMARTS) is 1. The lowest BCUT2D eigenvalue weighted by atomic mass is 10.1. The zero-order valence-electron chi connectivity index (χ0n) is 8.50. The van der Waals surface area contributed by atoms with Crippen LogP contribution in [0.25, 0.3) is 0 Å². The first-order chi connectivity index (χ1) is 7.40. The number of imide groups is 1. The van der Waals surface area contributed by atoms with Crippen LogP contribution in [0.15, 0.2) is 0 Å². The van der Waals surface area contributed by atoms with E-state index in [9.17, 15) is 19.2 Å². The molecule has 1 aliphatic heterocycles. The first-order valence-electron chi connectivity index (χ1n) is 4.20. The van der Waals surface area contributed by atoms with Gasteiger partial charge in [0.25, 0.3) is 5.91 Å². The number of rotatable bonds is 2. The van der Waals surface area contributed by atoms with E-state index in [0.717, 1.165) is 0 Å². The predicted octanol–water partition coefficient (Wildman–Crippen LogP) is -0.939. The number of hydrogen-bond donors (Lipinski definition) is 1. The molecule has 0 aromatic carbocycles. The minimum absolute atomic E-state index is 0.331. The predicted molar refractivity (Wildman–Crippen MR) is 52.3 cm³/mol. The molecule has 0 saturated carbocycles. The average molecular weight is 247 g/mol. The highest BCUT2D eigenvalue weighted by atomic mass is 32.2. The summed E-state index contributed by atoms with van der Waals surface area (Å²) in [5.41, 5.74) is 0. The maximum Gasteiger partial charge on any atom is 0.395 e. The molecule has 1 aliphatic rings. The second kappa shape index (κ2) is 4.62. The first-order valence-corrected chi connectivity index (χ1v) is 5.08. The Labute approximate surface area is 94.7 Å². The molecule has 88 valence electrons. The van der Waals surface area contributed by atoms with Crippen LogP contribution in [0, 0.1) is 0 Å². The zero-order chi connectivity index (χ0) is 12.5. The van der Waals surface area contributed by atoms with Gasteiger partial charge in [-0.1, -0.05) is 11.8 Å². The van der Waals surface area contributed by atoms with Crippen molar-refractivity contribution in [1.82, 2.24) is 4.90 Å². The Bertz CT molecular complexity index is 368. The third kappa shape index (κ3) is 2.07. The van der Waals surface area contributed by atoms with Gasteiger partial charge in [0.05, 0.1) is 0 Å². The molecule has 0 aromatic heterocycles. The summed E-state index contributed by atoms with van der Waals surface area (Å²) in [6.07, 6.45) is -0.947. The number of carboxylic acids is 1. The van der Waals surface area contributed by atoms with Gasteiger partial charge in [-0.15, -0.1) is 0 Å². The summed E-state index contributed by atoms with van der Waals surface area (Å²) in [4.78, 5) is 44.2. The number of aliphatic carboxylic acids is 1. The van der Waals surface area contributed by atoms with Gasteiger partial charge in [0.2, 0.25) is 0 Å². The standard InChI is InChI=1S/C8H9NO6S/c1-3(10)16-7-4(15-2)5(11)9(7)6(12)8(13)14/h4,7H,1-2H3,(H,13,14). The largest absolute Gasteiger partial charge is 0.474 e. The maximum atomic E-state index is 11.3. The summed E-state index contributed by atoms with van der Waals surface area (Å²) in [5, 5.41) is 7.25. The van der Waals surface area contributed by atoms with Gasteiger partial charge >= 0.3 is 11.9 Å². The van der Waals surface area contributed by atoms with Crippen molar-refractivity contribution in [3.8, 4) is 0 Å². The minimum atomic E-state index is -1.74. The summed E-state index contributed by atoms with van der Waals surface area (Å²) in [7, 11) is 1.25. The highest BCUT2D eigenvalue weighted by molar-refractivity contribution is 8.14. The fourth-order valence-corrected chi connectivity index (χ4v) is 2.25. The third-order valence-electron chi connectivity index (χ3n) is 1.94. The van der Waals surface area contributed by atoms with Crippen LogP contribution in [0.2, 0.25) is 0 Å². The van der Waals surface area contributed by atoms with Gasteiger partial charge < -0.3 is 9.84 Å². The van der Waals surface area contributed by atoms with E-state index in [2.05, 4.69) is 0 Å². The zero-order valence-corrected chi connectivity index (χ0v) is 9.32. The molecule has 8 heteroatoms. The summed E-state index contributed by atoms with van der Waals surface area (Å²) >= 11 is 0.689. The molecule has 1 N–H and O–H groups in total. The highest BCUT2D eigenvalue weighted by Crippen LogP contribution is 2.32. The molecule has 2 atom stereocenters. The molecule has 1 saturated heterocycles. The Morgan fingerprint density at radius 3 is 2.38 bits per heavy atom. The molecular formula is C8H9NO6S. The first kappa shape index (κ1) is 12.7. The number of carbonyl (C=O) groups excluding carboxylic acids is 3. The Morgan fingerprint density at radius 2 is 2.00 bits per heavy atom. The van der Waals surface area contributed by atoms with Gasteiger partial charge in [0, 0.05) is 14.0 Å². The van der Waals surface area contributed by atoms with Crippen LogP contribution < -0.4 is 0 Å². The molecule has 0 aliphatic carbocycles. The lowest BCUT2D eigenvalue weighted by molar-refractivity contribution is -0.176. The van der Waals surface area contributed by atoms with Crippen molar-refractivity contribution < 1.29 is 29.0 Å². The topological polar surface area (TPSA) is 101 Å². The van der Waals surface area contributed by atoms with Crippen molar-refractivity contribution in [3.05, 3.63) is 0 Å². The van der Waals surface area contributed by atoms with E-state index >= 15 is 0 Å². The van der Waals surface area contributed by atoms with Crippen molar-refractivity contribution in [2.45, 2.75) is 18.4 Å². The number of thioether (sulfide) groups is 1. The molecule has 1 heterocycles.